The van der Waals surface area contributed by atoms with E-state index in [1.54, 1.807) is 6.92 Å². The second kappa shape index (κ2) is 4.24. The summed E-state index contributed by atoms with van der Waals surface area (Å²) in [6, 6.07) is 0. The quantitative estimate of drug-likeness (QED) is 0.573. The van der Waals surface area contributed by atoms with E-state index in [1.165, 1.54) is 5.57 Å². The van der Waals surface area contributed by atoms with Crippen LogP contribution in [0.1, 0.15) is 39.5 Å². The monoisotopic (exact) mass is 164 g/mol. The fraction of sp³-hybridized carbons (Fsp3) is 0.545. The molecule has 0 unspecified atom stereocenters. The summed E-state index contributed by atoms with van der Waals surface area (Å²) < 4.78 is 0. The van der Waals surface area contributed by atoms with E-state index in [9.17, 15) is 4.79 Å². The van der Waals surface area contributed by atoms with E-state index in [4.69, 9.17) is 0 Å². The summed E-state index contributed by atoms with van der Waals surface area (Å²) in [6.45, 7) is 3.83. The molecule has 66 valence electrons. The van der Waals surface area contributed by atoms with E-state index in [0.717, 1.165) is 31.3 Å². The largest absolute Gasteiger partial charge is 0.295 e. The van der Waals surface area contributed by atoms with E-state index >= 15 is 0 Å². The van der Waals surface area contributed by atoms with E-state index in [2.05, 4.69) is 19.1 Å². The number of rotatable bonds is 2. The smallest absolute Gasteiger partial charge is 0.155 e. The van der Waals surface area contributed by atoms with Crippen LogP contribution in [0, 0.1) is 0 Å². The predicted molar refractivity (Wildman–Crippen MR) is 51.0 cm³/mol. The Labute approximate surface area is 74.2 Å². The van der Waals surface area contributed by atoms with Crippen LogP contribution in [0.5, 0.6) is 0 Å². The molecular formula is C11H16O. The summed E-state index contributed by atoms with van der Waals surface area (Å²) >= 11 is 0. The summed E-state index contributed by atoms with van der Waals surface area (Å²) in [6.07, 6.45) is 8.38. The van der Waals surface area contributed by atoms with Gasteiger partial charge >= 0.3 is 0 Å². The van der Waals surface area contributed by atoms with Crippen molar-refractivity contribution in [3.63, 3.8) is 0 Å². The standard InChI is InChI=1S/C11H16O/c1-3-10-5-4-6-11(8-7-10)9(2)12/h5-6H,3-4,7-8H2,1-2H3. The van der Waals surface area contributed by atoms with Crippen molar-refractivity contribution in [2.45, 2.75) is 39.5 Å². The fourth-order valence-corrected chi connectivity index (χ4v) is 1.51. The third-order valence-corrected chi connectivity index (χ3v) is 2.39. The lowest BCUT2D eigenvalue weighted by atomic mass is 10.0. The van der Waals surface area contributed by atoms with Gasteiger partial charge in [0, 0.05) is 0 Å². The second-order valence-corrected chi connectivity index (χ2v) is 3.24. The molecule has 0 aromatic carbocycles. The molecule has 0 aromatic heterocycles. The van der Waals surface area contributed by atoms with Crippen LogP contribution in [-0.2, 0) is 4.79 Å². The van der Waals surface area contributed by atoms with Crippen LogP contribution in [-0.4, -0.2) is 5.78 Å². The van der Waals surface area contributed by atoms with E-state index in [1.807, 2.05) is 0 Å². The number of Topliss-reactive ketones (excluding diaryl/α,β-unsaturated/α-hetero) is 1. The molecular weight excluding hydrogens is 148 g/mol. The van der Waals surface area contributed by atoms with Crippen LogP contribution >= 0.6 is 0 Å². The topological polar surface area (TPSA) is 17.1 Å². The molecule has 0 atom stereocenters. The molecule has 0 amide bonds. The number of ketones is 1. The van der Waals surface area contributed by atoms with E-state index in [-0.39, 0.29) is 5.78 Å². The van der Waals surface area contributed by atoms with Gasteiger partial charge in [-0.25, -0.2) is 0 Å². The van der Waals surface area contributed by atoms with Gasteiger partial charge in [-0.1, -0.05) is 24.6 Å². The van der Waals surface area contributed by atoms with Gasteiger partial charge in [-0.15, -0.1) is 0 Å². The van der Waals surface area contributed by atoms with Crippen molar-refractivity contribution < 1.29 is 4.79 Å². The van der Waals surface area contributed by atoms with Gasteiger partial charge in [-0.2, -0.15) is 0 Å². The molecule has 0 spiro atoms. The molecule has 0 saturated carbocycles. The highest BCUT2D eigenvalue weighted by molar-refractivity contribution is 5.93. The van der Waals surface area contributed by atoms with Crippen molar-refractivity contribution in [2.75, 3.05) is 0 Å². The zero-order valence-electron chi connectivity index (χ0n) is 7.89. The highest BCUT2D eigenvalue weighted by Crippen LogP contribution is 2.20. The zero-order chi connectivity index (χ0) is 8.97. The Kier molecular flexibility index (Phi) is 3.27. The SMILES string of the molecule is CCC1=CCC=C(C(C)=O)CC1. The Morgan fingerprint density at radius 1 is 1.42 bits per heavy atom. The maximum atomic E-state index is 11.1. The summed E-state index contributed by atoms with van der Waals surface area (Å²) in [5.41, 5.74) is 2.50. The molecule has 0 aliphatic heterocycles. The van der Waals surface area contributed by atoms with Gasteiger partial charge < -0.3 is 0 Å². The lowest BCUT2D eigenvalue weighted by molar-refractivity contribution is -0.113. The lowest BCUT2D eigenvalue weighted by Gasteiger charge is -2.01. The highest BCUT2D eigenvalue weighted by atomic mass is 16.1. The molecule has 0 bridgehead atoms. The van der Waals surface area contributed by atoms with Crippen molar-refractivity contribution in [1.29, 1.82) is 0 Å². The van der Waals surface area contributed by atoms with Crippen molar-refractivity contribution in [1.82, 2.24) is 0 Å². The minimum absolute atomic E-state index is 0.237. The molecule has 0 radical (unpaired) electrons. The van der Waals surface area contributed by atoms with Crippen LogP contribution in [0.25, 0.3) is 0 Å². The molecule has 1 rings (SSSR count). The molecule has 0 saturated heterocycles. The van der Waals surface area contributed by atoms with Gasteiger partial charge in [0.1, 0.15) is 0 Å². The third kappa shape index (κ3) is 2.33. The molecule has 1 heteroatoms. The van der Waals surface area contributed by atoms with Crippen molar-refractivity contribution in [3.05, 3.63) is 23.3 Å². The molecule has 1 nitrogen and oxygen atoms in total. The molecule has 1 aliphatic carbocycles. The first-order valence-electron chi connectivity index (χ1n) is 4.62. The first-order chi connectivity index (χ1) is 5.74. The average molecular weight is 164 g/mol. The van der Waals surface area contributed by atoms with Crippen LogP contribution in [0.15, 0.2) is 23.3 Å². The van der Waals surface area contributed by atoms with E-state index < -0.39 is 0 Å². The molecule has 0 fully saturated rings. The molecule has 0 heterocycles. The normalized spacial score (nSPS) is 17.8. The van der Waals surface area contributed by atoms with Crippen LogP contribution in [0.2, 0.25) is 0 Å². The number of hydrogen-bond acceptors (Lipinski definition) is 1. The van der Waals surface area contributed by atoms with Gasteiger partial charge in [0.2, 0.25) is 0 Å². The zero-order valence-corrected chi connectivity index (χ0v) is 7.89. The molecule has 12 heavy (non-hydrogen) atoms. The summed E-state index contributed by atoms with van der Waals surface area (Å²) in [5, 5.41) is 0. The molecule has 1 aliphatic rings. The van der Waals surface area contributed by atoms with Crippen LogP contribution < -0.4 is 0 Å². The van der Waals surface area contributed by atoms with Crippen molar-refractivity contribution in [3.8, 4) is 0 Å². The number of carbonyl (C=O) groups is 1. The van der Waals surface area contributed by atoms with Crippen molar-refractivity contribution >= 4 is 5.78 Å². The van der Waals surface area contributed by atoms with Crippen molar-refractivity contribution in [2.24, 2.45) is 0 Å². The van der Waals surface area contributed by atoms with Gasteiger partial charge in [0.15, 0.2) is 5.78 Å². The maximum Gasteiger partial charge on any atom is 0.155 e. The maximum absolute atomic E-state index is 11.1. The Morgan fingerprint density at radius 2 is 2.17 bits per heavy atom. The van der Waals surface area contributed by atoms with Gasteiger partial charge in [0.05, 0.1) is 0 Å². The molecule has 0 N–H and O–H groups in total. The number of hydrogen-bond donors (Lipinski definition) is 0. The number of carbonyl (C=O) groups excluding carboxylic acids is 1. The van der Waals surface area contributed by atoms with Gasteiger partial charge in [0.25, 0.3) is 0 Å². The summed E-state index contributed by atoms with van der Waals surface area (Å²) in [7, 11) is 0. The number of allylic oxidation sites excluding steroid dienone is 4. The molecule has 0 aromatic rings. The van der Waals surface area contributed by atoms with Gasteiger partial charge in [-0.05, 0) is 38.2 Å². The van der Waals surface area contributed by atoms with Gasteiger partial charge in [-0.3, -0.25) is 4.79 Å². The van der Waals surface area contributed by atoms with E-state index in [0.29, 0.717) is 0 Å². The minimum Gasteiger partial charge on any atom is -0.295 e. The Morgan fingerprint density at radius 3 is 2.75 bits per heavy atom. The first kappa shape index (κ1) is 9.24. The first-order valence-corrected chi connectivity index (χ1v) is 4.62. The highest BCUT2D eigenvalue weighted by Gasteiger charge is 2.06. The second-order valence-electron chi connectivity index (χ2n) is 3.24. The lowest BCUT2D eigenvalue weighted by Crippen LogP contribution is -1.95. The average Bonchev–Trinajstić information content (AvgIpc) is 2.28. The van der Waals surface area contributed by atoms with Crippen LogP contribution in [0.4, 0.5) is 0 Å². The fourth-order valence-electron chi connectivity index (χ4n) is 1.51. The Balaban J connectivity index is 2.59. The van der Waals surface area contributed by atoms with Crippen LogP contribution in [0.3, 0.4) is 0 Å². The summed E-state index contributed by atoms with van der Waals surface area (Å²) in [4.78, 5) is 11.1. The predicted octanol–water partition coefficient (Wildman–Crippen LogP) is 3.02. The Hall–Kier alpha value is -0.850. The Bertz CT molecular complexity index is 233. The summed E-state index contributed by atoms with van der Waals surface area (Å²) in [5.74, 6) is 0.237. The third-order valence-electron chi connectivity index (χ3n) is 2.39. The minimum atomic E-state index is 0.237.